The quantitative estimate of drug-likeness (QED) is 0.633. The fraction of sp³-hybridized carbons (Fsp3) is 0.625. The van der Waals surface area contributed by atoms with Crippen LogP contribution in [-0.4, -0.2) is 38.4 Å². The van der Waals surface area contributed by atoms with Gasteiger partial charge in [-0.05, 0) is 47.9 Å². The Morgan fingerprint density at radius 1 is 0.967 bits per heavy atom. The van der Waals surface area contributed by atoms with Gasteiger partial charge in [-0.3, -0.25) is 0 Å². The Hall–Kier alpha value is -1.66. The van der Waals surface area contributed by atoms with Crippen molar-refractivity contribution in [3.8, 4) is 0 Å². The van der Waals surface area contributed by atoms with E-state index in [0.717, 1.165) is 37.3 Å². The molecule has 0 amide bonds. The van der Waals surface area contributed by atoms with Gasteiger partial charge in [0.2, 0.25) is 0 Å². The van der Waals surface area contributed by atoms with Gasteiger partial charge in [-0.1, -0.05) is 49.0 Å². The molecule has 30 heavy (non-hydrogen) atoms. The molecule has 2 aliphatic heterocycles. The van der Waals surface area contributed by atoms with Gasteiger partial charge in [0.25, 0.3) is 0 Å². The molecule has 4 aliphatic rings. The summed E-state index contributed by atoms with van der Waals surface area (Å²) in [6.07, 6.45) is 16.0. The average molecular weight is 429 g/mol. The fourth-order valence-electron chi connectivity index (χ4n) is 5.85. The van der Waals surface area contributed by atoms with Crippen molar-refractivity contribution in [3.63, 3.8) is 0 Å². The van der Waals surface area contributed by atoms with E-state index >= 15 is 0 Å². The molecule has 0 bridgehead atoms. The summed E-state index contributed by atoms with van der Waals surface area (Å²) in [7, 11) is -3.52. The third-order valence-corrected chi connectivity index (χ3v) is 9.43. The Kier molecular flexibility index (Phi) is 5.05. The van der Waals surface area contributed by atoms with Gasteiger partial charge in [0.1, 0.15) is 11.4 Å². The molecule has 6 heteroatoms. The monoisotopic (exact) mass is 428 g/mol. The molecule has 0 N–H and O–H groups in total. The molecule has 0 radical (unpaired) electrons. The van der Waals surface area contributed by atoms with E-state index in [2.05, 4.69) is 4.90 Å². The molecule has 0 aromatic heterocycles. The molecule has 2 aliphatic carbocycles. The van der Waals surface area contributed by atoms with Crippen LogP contribution in [0.3, 0.4) is 0 Å². The smallest absolute Gasteiger partial charge is 0.328 e. The van der Waals surface area contributed by atoms with Crippen molar-refractivity contribution in [2.45, 2.75) is 64.2 Å². The molecule has 1 aromatic carbocycles. The van der Waals surface area contributed by atoms with E-state index in [1.165, 1.54) is 57.6 Å². The number of quaternary nitrogens is 1. The number of hydrogen-bond acceptors (Lipinski definition) is 4. The number of nitrogens with zero attached hydrogens (tertiary/aromatic N) is 3. The highest BCUT2D eigenvalue weighted by Gasteiger charge is 2.50. The number of para-hydroxylation sites is 1. The Balaban J connectivity index is 1.51. The predicted octanol–water partition coefficient (Wildman–Crippen LogP) is 5.01. The van der Waals surface area contributed by atoms with E-state index in [9.17, 15) is 8.42 Å². The third-order valence-electron chi connectivity index (χ3n) is 8.02. The van der Waals surface area contributed by atoms with Crippen LogP contribution in [0.15, 0.2) is 47.3 Å². The molecule has 2 heterocycles. The van der Waals surface area contributed by atoms with Crippen molar-refractivity contribution in [1.29, 1.82) is 0 Å². The number of allylic oxidation sites excluding steroid dienone is 1. The number of sulfonamides is 1. The van der Waals surface area contributed by atoms with E-state index in [-0.39, 0.29) is 0 Å². The van der Waals surface area contributed by atoms with Crippen LogP contribution in [0.4, 0.5) is 5.69 Å². The van der Waals surface area contributed by atoms with Crippen molar-refractivity contribution >= 4 is 21.4 Å². The van der Waals surface area contributed by atoms with Crippen LogP contribution >= 0.6 is 0 Å². The van der Waals surface area contributed by atoms with Crippen molar-refractivity contribution in [1.82, 2.24) is 8.90 Å². The second-order valence-corrected chi connectivity index (χ2v) is 11.9. The largest absolute Gasteiger partial charge is 0.365 e. The van der Waals surface area contributed by atoms with Crippen LogP contribution in [0.5, 0.6) is 0 Å². The topological polar surface area (TPSA) is 49.7 Å². The molecular weight excluding hydrogens is 394 g/mol. The minimum Gasteiger partial charge on any atom is -0.365 e. The molecule has 1 spiro atoms. The van der Waals surface area contributed by atoms with Crippen LogP contribution in [0, 0.1) is 11.3 Å². The maximum Gasteiger partial charge on any atom is 0.328 e. The van der Waals surface area contributed by atoms with Gasteiger partial charge in [0.15, 0.2) is 11.9 Å². The van der Waals surface area contributed by atoms with E-state index in [1.807, 2.05) is 36.5 Å². The average Bonchev–Trinajstić information content (AvgIpc) is 3.10. The Bertz CT molecular complexity index is 949. The van der Waals surface area contributed by atoms with Crippen molar-refractivity contribution in [2.24, 2.45) is 16.4 Å². The summed E-state index contributed by atoms with van der Waals surface area (Å²) in [6.45, 7) is 2.05. The highest BCUT2D eigenvalue weighted by atomic mass is 32.2. The zero-order valence-electron chi connectivity index (χ0n) is 18.1. The third kappa shape index (κ3) is 3.32. The van der Waals surface area contributed by atoms with Crippen LogP contribution in [0.25, 0.3) is 0 Å². The van der Waals surface area contributed by atoms with Gasteiger partial charge in [-0.2, -0.15) is 8.42 Å². The van der Waals surface area contributed by atoms with Gasteiger partial charge in [-0.15, -0.1) is 0 Å². The Morgan fingerprint density at radius 3 is 2.20 bits per heavy atom. The van der Waals surface area contributed by atoms with Crippen molar-refractivity contribution in [2.75, 3.05) is 19.3 Å². The molecule has 5 nitrogen and oxygen atoms in total. The first-order valence-electron chi connectivity index (χ1n) is 11.7. The molecule has 1 saturated heterocycles. The molecule has 3 fully saturated rings. The number of likely N-dealkylation sites (tertiary alicyclic amines) is 1. The van der Waals surface area contributed by atoms with Gasteiger partial charge in [0.05, 0.1) is 6.26 Å². The van der Waals surface area contributed by atoms with E-state index in [0.29, 0.717) is 17.0 Å². The first kappa shape index (κ1) is 20.3. The molecule has 2 saturated carbocycles. The molecular formula is C24H34N3O2S+. The highest BCUT2D eigenvalue weighted by Crippen LogP contribution is 2.47. The first-order valence-corrected chi connectivity index (χ1v) is 13.5. The minimum absolute atomic E-state index is 0.396. The summed E-state index contributed by atoms with van der Waals surface area (Å²) in [5, 5.41) is 4.98. The van der Waals surface area contributed by atoms with Gasteiger partial charge >= 0.3 is 10.0 Å². The lowest BCUT2D eigenvalue weighted by Gasteiger charge is -2.45. The second kappa shape index (κ2) is 7.49. The van der Waals surface area contributed by atoms with Crippen LogP contribution in [0.2, 0.25) is 0 Å². The van der Waals surface area contributed by atoms with Gasteiger partial charge in [-0.25, -0.2) is 0 Å². The molecule has 162 valence electrons. The summed E-state index contributed by atoms with van der Waals surface area (Å²) >= 11 is 0. The minimum atomic E-state index is -3.52. The Morgan fingerprint density at radius 2 is 1.63 bits per heavy atom. The fourth-order valence-corrected chi connectivity index (χ4v) is 6.88. The summed E-state index contributed by atoms with van der Waals surface area (Å²) in [6, 6.07) is 9.50. The van der Waals surface area contributed by atoms with E-state index < -0.39 is 14.0 Å². The SMILES string of the molecule is CS(=O)(=O)[N+]1(c2ccccc2)C=C(N2CCC3(CCCCC3)CC2)C(C2CCC2)=N1. The first-order chi connectivity index (χ1) is 14.4. The normalized spacial score (nSPS) is 29.4. The lowest BCUT2D eigenvalue weighted by atomic mass is 9.68. The van der Waals surface area contributed by atoms with Crippen LogP contribution < -0.4 is 4.00 Å². The molecule has 5 rings (SSSR count). The zero-order valence-corrected chi connectivity index (χ0v) is 18.9. The zero-order chi connectivity index (χ0) is 20.8. The summed E-state index contributed by atoms with van der Waals surface area (Å²) in [4.78, 5) is 2.45. The van der Waals surface area contributed by atoms with E-state index in [4.69, 9.17) is 5.10 Å². The van der Waals surface area contributed by atoms with Crippen LogP contribution in [-0.2, 0) is 10.0 Å². The van der Waals surface area contributed by atoms with E-state index in [1.54, 1.807) is 0 Å². The van der Waals surface area contributed by atoms with Crippen LogP contribution in [0.1, 0.15) is 64.2 Å². The number of hydrogen-bond donors (Lipinski definition) is 0. The molecule has 1 atom stereocenters. The standard InChI is InChI=1S/C24H34N3O2S/c1-30(28,29)27(21-11-4-2-5-12-21)19-22(23(25-27)20-9-8-10-20)26-17-15-24(16-18-26)13-6-3-7-14-24/h2,4-5,11-12,19-20H,3,6-10,13-18H2,1H3/q+1. The summed E-state index contributed by atoms with van der Waals surface area (Å²) < 4.78 is 25.8. The maximum absolute atomic E-state index is 13.1. The predicted molar refractivity (Wildman–Crippen MR) is 122 cm³/mol. The second-order valence-electron chi connectivity index (χ2n) is 9.87. The van der Waals surface area contributed by atoms with Crippen molar-refractivity contribution < 1.29 is 8.42 Å². The summed E-state index contributed by atoms with van der Waals surface area (Å²) in [5.74, 6) is 0.396. The number of benzene rings is 1. The van der Waals surface area contributed by atoms with Gasteiger partial charge in [0, 0.05) is 31.1 Å². The number of piperidine rings is 1. The van der Waals surface area contributed by atoms with Gasteiger partial charge < -0.3 is 4.90 Å². The number of rotatable bonds is 4. The lowest BCUT2D eigenvalue weighted by molar-refractivity contribution is 0.0862. The highest BCUT2D eigenvalue weighted by molar-refractivity contribution is 7.90. The molecule has 1 aromatic rings. The Labute approximate surface area is 181 Å². The molecule has 1 unspecified atom stereocenters. The lowest BCUT2D eigenvalue weighted by Crippen LogP contribution is -2.43. The summed E-state index contributed by atoms with van der Waals surface area (Å²) in [5.41, 5.74) is 3.34. The maximum atomic E-state index is 13.1. The van der Waals surface area contributed by atoms with Crippen molar-refractivity contribution in [3.05, 3.63) is 42.2 Å².